The molecule has 20 heavy (non-hydrogen) atoms. The molecule has 2 rings (SSSR count). The number of aryl methyl sites for hydroxylation is 2. The van der Waals surface area contributed by atoms with Crippen molar-refractivity contribution < 1.29 is 19.4 Å². The van der Waals surface area contributed by atoms with Crippen molar-refractivity contribution in [3.63, 3.8) is 0 Å². The van der Waals surface area contributed by atoms with E-state index in [1.54, 1.807) is 19.1 Å². The van der Waals surface area contributed by atoms with Crippen molar-refractivity contribution >= 4 is 11.9 Å². The maximum absolute atomic E-state index is 12.0. The highest BCUT2D eigenvalue weighted by atomic mass is 16.5. The largest absolute Gasteiger partial charge is 0.479 e. The zero-order valence-electron chi connectivity index (χ0n) is 11.5. The molecule has 0 spiro atoms. The van der Waals surface area contributed by atoms with E-state index in [0.717, 1.165) is 5.69 Å². The van der Waals surface area contributed by atoms with E-state index in [4.69, 9.17) is 9.84 Å². The molecular formula is C14H18N2O4. The molecule has 1 aliphatic rings. The third kappa shape index (κ3) is 3.33. The summed E-state index contributed by atoms with van der Waals surface area (Å²) in [5.74, 6) is -1.16. The minimum absolute atomic E-state index is 0.211. The average Bonchev–Trinajstić information content (AvgIpc) is 2.85. The number of carboxylic acid groups (broad SMARTS) is 1. The lowest BCUT2D eigenvalue weighted by molar-refractivity contribution is -0.149. The van der Waals surface area contributed by atoms with Gasteiger partial charge < -0.3 is 15.2 Å². The first-order chi connectivity index (χ1) is 9.47. The van der Waals surface area contributed by atoms with Crippen molar-refractivity contribution in [3.8, 4) is 0 Å². The van der Waals surface area contributed by atoms with Crippen LogP contribution in [0, 0.1) is 13.8 Å². The minimum Gasteiger partial charge on any atom is -0.479 e. The number of carbonyl (C=O) groups excluding carboxylic acids is 1. The molecule has 2 N–H and O–H groups in total. The first kappa shape index (κ1) is 14.5. The van der Waals surface area contributed by atoms with Crippen molar-refractivity contribution in [2.45, 2.75) is 38.9 Å². The van der Waals surface area contributed by atoms with E-state index in [2.05, 4.69) is 10.3 Å². The smallest absolute Gasteiger partial charge is 0.332 e. The third-order valence-corrected chi connectivity index (χ3v) is 3.34. The first-order valence-electron chi connectivity index (χ1n) is 6.58. The van der Waals surface area contributed by atoms with Crippen LogP contribution in [0.4, 0.5) is 0 Å². The van der Waals surface area contributed by atoms with Gasteiger partial charge in [0.2, 0.25) is 0 Å². The molecule has 2 unspecified atom stereocenters. The summed E-state index contributed by atoms with van der Waals surface area (Å²) in [7, 11) is 0. The van der Waals surface area contributed by atoms with E-state index < -0.39 is 12.1 Å². The number of nitrogens with zero attached hydrogens (tertiary/aromatic N) is 1. The lowest BCUT2D eigenvalue weighted by atomic mass is 10.1. The SMILES string of the molecule is Cc1ccc(C(=O)NCC2CCC(C(=O)O)O2)c(C)n1. The molecule has 6 heteroatoms. The molecule has 0 aliphatic carbocycles. The van der Waals surface area contributed by atoms with Crippen LogP contribution in [0.3, 0.4) is 0 Å². The number of rotatable bonds is 4. The number of carboxylic acids is 1. The Labute approximate surface area is 117 Å². The van der Waals surface area contributed by atoms with Crippen LogP contribution in [0.5, 0.6) is 0 Å². The topological polar surface area (TPSA) is 88.5 Å². The standard InChI is InChI=1S/C14H18N2O4/c1-8-3-5-11(9(2)16-8)13(17)15-7-10-4-6-12(20-10)14(18)19/h3,5,10,12H,4,6-7H2,1-2H3,(H,15,17)(H,18,19). The van der Waals surface area contributed by atoms with E-state index in [1.807, 2.05) is 6.92 Å². The molecule has 1 amide bonds. The van der Waals surface area contributed by atoms with Gasteiger partial charge in [-0.2, -0.15) is 0 Å². The lowest BCUT2D eigenvalue weighted by Gasteiger charge is -2.13. The summed E-state index contributed by atoms with van der Waals surface area (Å²) in [6.45, 7) is 3.97. The van der Waals surface area contributed by atoms with E-state index in [-0.39, 0.29) is 12.0 Å². The third-order valence-electron chi connectivity index (χ3n) is 3.34. The van der Waals surface area contributed by atoms with Gasteiger partial charge in [-0.15, -0.1) is 0 Å². The second-order valence-corrected chi connectivity index (χ2v) is 4.96. The van der Waals surface area contributed by atoms with Crippen LogP contribution < -0.4 is 5.32 Å². The minimum atomic E-state index is -0.947. The molecule has 1 saturated heterocycles. The number of aliphatic carboxylic acids is 1. The van der Waals surface area contributed by atoms with Gasteiger partial charge in [-0.1, -0.05) is 0 Å². The number of amides is 1. The Balaban J connectivity index is 1.88. The van der Waals surface area contributed by atoms with E-state index in [0.29, 0.717) is 30.6 Å². The van der Waals surface area contributed by atoms with Crippen LogP contribution >= 0.6 is 0 Å². The number of hydrogen-bond donors (Lipinski definition) is 2. The van der Waals surface area contributed by atoms with Gasteiger partial charge in [0, 0.05) is 12.2 Å². The molecule has 6 nitrogen and oxygen atoms in total. The Bertz CT molecular complexity index is 530. The van der Waals surface area contributed by atoms with Gasteiger partial charge in [-0.3, -0.25) is 9.78 Å². The monoisotopic (exact) mass is 278 g/mol. The number of nitrogens with one attached hydrogen (secondary N) is 1. The van der Waals surface area contributed by atoms with Crippen LogP contribution in [-0.4, -0.2) is 40.7 Å². The van der Waals surface area contributed by atoms with E-state index >= 15 is 0 Å². The molecular weight excluding hydrogens is 260 g/mol. The quantitative estimate of drug-likeness (QED) is 0.859. The number of hydrogen-bond acceptors (Lipinski definition) is 4. The summed E-state index contributed by atoms with van der Waals surface area (Å²) >= 11 is 0. The van der Waals surface area contributed by atoms with Gasteiger partial charge in [0.1, 0.15) is 0 Å². The van der Waals surface area contributed by atoms with Crippen molar-refractivity contribution in [1.29, 1.82) is 0 Å². The van der Waals surface area contributed by atoms with Crippen molar-refractivity contribution in [2.24, 2.45) is 0 Å². The fourth-order valence-electron chi connectivity index (χ4n) is 2.27. The molecule has 108 valence electrons. The van der Waals surface area contributed by atoms with Crippen LogP contribution in [0.15, 0.2) is 12.1 Å². The zero-order chi connectivity index (χ0) is 14.7. The molecule has 2 heterocycles. The molecule has 0 radical (unpaired) electrons. The molecule has 1 aromatic heterocycles. The summed E-state index contributed by atoms with van der Waals surface area (Å²) < 4.78 is 5.33. The number of aromatic nitrogens is 1. The predicted octanol–water partition coefficient (Wildman–Crippen LogP) is 1.06. The molecule has 1 aliphatic heterocycles. The van der Waals surface area contributed by atoms with Crippen LogP contribution in [-0.2, 0) is 9.53 Å². The molecule has 1 fully saturated rings. The average molecular weight is 278 g/mol. The van der Waals surface area contributed by atoms with Crippen LogP contribution in [0.1, 0.15) is 34.6 Å². The Morgan fingerprint density at radius 3 is 2.75 bits per heavy atom. The molecule has 0 bridgehead atoms. The lowest BCUT2D eigenvalue weighted by Crippen LogP contribution is -2.33. The molecule has 2 atom stereocenters. The molecule has 0 saturated carbocycles. The van der Waals surface area contributed by atoms with E-state index in [1.165, 1.54) is 0 Å². The first-order valence-corrected chi connectivity index (χ1v) is 6.58. The van der Waals surface area contributed by atoms with Crippen LogP contribution in [0.25, 0.3) is 0 Å². The van der Waals surface area contributed by atoms with E-state index in [9.17, 15) is 9.59 Å². The number of pyridine rings is 1. The Morgan fingerprint density at radius 2 is 2.15 bits per heavy atom. The fraction of sp³-hybridized carbons (Fsp3) is 0.500. The summed E-state index contributed by atoms with van der Waals surface area (Å²) in [5.41, 5.74) is 2.07. The van der Waals surface area contributed by atoms with Gasteiger partial charge in [-0.25, -0.2) is 4.79 Å². The van der Waals surface area contributed by atoms with Gasteiger partial charge >= 0.3 is 5.97 Å². The predicted molar refractivity (Wildman–Crippen MR) is 71.6 cm³/mol. The zero-order valence-corrected chi connectivity index (χ0v) is 11.5. The highest BCUT2D eigenvalue weighted by Crippen LogP contribution is 2.19. The Kier molecular flexibility index (Phi) is 4.34. The number of ether oxygens (including phenoxy) is 1. The van der Waals surface area contributed by atoms with Gasteiger partial charge in [0.15, 0.2) is 6.10 Å². The Morgan fingerprint density at radius 1 is 1.40 bits per heavy atom. The second-order valence-electron chi connectivity index (χ2n) is 4.96. The maximum atomic E-state index is 12.0. The number of carbonyl (C=O) groups is 2. The van der Waals surface area contributed by atoms with Crippen molar-refractivity contribution in [2.75, 3.05) is 6.54 Å². The van der Waals surface area contributed by atoms with Crippen LogP contribution in [0.2, 0.25) is 0 Å². The van der Waals surface area contributed by atoms with Gasteiger partial charge in [0.05, 0.1) is 17.4 Å². The maximum Gasteiger partial charge on any atom is 0.332 e. The highest BCUT2D eigenvalue weighted by Gasteiger charge is 2.30. The highest BCUT2D eigenvalue weighted by molar-refractivity contribution is 5.95. The Hall–Kier alpha value is -1.95. The van der Waals surface area contributed by atoms with Crippen molar-refractivity contribution in [3.05, 3.63) is 29.1 Å². The summed E-state index contributed by atoms with van der Waals surface area (Å²) in [4.78, 5) is 27.0. The van der Waals surface area contributed by atoms with Gasteiger partial charge in [-0.05, 0) is 38.8 Å². The summed E-state index contributed by atoms with van der Waals surface area (Å²) in [6.07, 6.45) is 0.141. The summed E-state index contributed by atoms with van der Waals surface area (Å²) in [6, 6.07) is 3.52. The van der Waals surface area contributed by atoms with Gasteiger partial charge in [0.25, 0.3) is 5.91 Å². The van der Waals surface area contributed by atoms with Crippen molar-refractivity contribution in [1.82, 2.24) is 10.3 Å². The fourth-order valence-corrected chi connectivity index (χ4v) is 2.27. The molecule has 0 aromatic carbocycles. The summed E-state index contributed by atoms with van der Waals surface area (Å²) in [5, 5.41) is 11.6. The second kappa shape index (κ2) is 6.00. The molecule has 1 aromatic rings. The normalized spacial score (nSPS) is 21.7.